The fourth-order valence-corrected chi connectivity index (χ4v) is 4.17. The minimum atomic E-state index is -4.71. The highest BCUT2D eigenvalue weighted by Gasteiger charge is 2.36. The Hall–Kier alpha value is -1.51. The highest BCUT2D eigenvalue weighted by atomic mass is 32.2. The van der Waals surface area contributed by atoms with Gasteiger partial charge in [0.1, 0.15) is 0 Å². The van der Waals surface area contributed by atoms with Crippen LogP contribution in [0.1, 0.15) is 12.0 Å². The number of alkyl halides is 3. The molecule has 0 aromatic heterocycles. The molecule has 0 amide bonds. The highest BCUT2D eigenvalue weighted by molar-refractivity contribution is 7.99. The number of thioether (sulfide) groups is 1. The topological polar surface area (TPSA) is 46.2 Å². The Morgan fingerprint density at radius 1 is 0.958 bits per heavy atom. The Morgan fingerprint density at radius 2 is 1.58 bits per heavy atom. The number of nitrogens with one attached hydrogen (secondary N) is 1. The van der Waals surface area contributed by atoms with Crippen LogP contribution in [-0.2, 0) is 16.2 Å². The second-order valence-corrected chi connectivity index (χ2v) is 7.81. The molecular formula is C16H16F3NO2S2. The molecule has 0 radical (unpaired) electrons. The summed E-state index contributed by atoms with van der Waals surface area (Å²) in [7, 11) is -4.20. The van der Waals surface area contributed by atoms with Gasteiger partial charge in [-0.15, -0.1) is 11.8 Å². The van der Waals surface area contributed by atoms with Crippen LogP contribution in [0.3, 0.4) is 0 Å². The normalized spacial score (nSPS) is 12.3. The molecule has 2 aromatic carbocycles. The molecule has 0 saturated carbocycles. The zero-order valence-corrected chi connectivity index (χ0v) is 14.2. The fraction of sp³-hybridized carbons (Fsp3) is 0.250. The van der Waals surface area contributed by atoms with Gasteiger partial charge in [0.15, 0.2) is 0 Å². The number of benzene rings is 2. The largest absolute Gasteiger partial charge is 0.417 e. The van der Waals surface area contributed by atoms with E-state index in [9.17, 15) is 21.6 Å². The number of sulfonamides is 1. The van der Waals surface area contributed by atoms with Crippen LogP contribution in [0.2, 0.25) is 0 Å². The molecule has 0 fully saturated rings. The van der Waals surface area contributed by atoms with Gasteiger partial charge in [-0.3, -0.25) is 0 Å². The molecule has 0 aliphatic heterocycles. The molecule has 3 nitrogen and oxygen atoms in total. The minimum Gasteiger partial charge on any atom is -0.211 e. The van der Waals surface area contributed by atoms with Gasteiger partial charge in [-0.2, -0.15) is 13.2 Å². The molecule has 0 heterocycles. The van der Waals surface area contributed by atoms with Gasteiger partial charge >= 0.3 is 6.18 Å². The standard InChI is InChI=1S/C16H16F3NO2S2/c17-16(18,19)14-9-4-5-10-15(14)24(21,22)20-11-6-12-23-13-7-2-1-3-8-13/h1-5,7-10,20H,6,11-12H2. The third kappa shape index (κ3) is 5.25. The molecule has 0 aliphatic carbocycles. The Morgan fingerprint density at radius 3 is 2.25 bits per heavy atom. The van der Waals surface area contributed by atoms with E-state index in [4.69, 9.17) is 0 Å². The van der Waals surface area contributed by atoms with E-state index in [0.717, 1.165) is 17.0 Å². The Kier molecular flexibility index (Phi) is 6.31. The van der Waals surface area contributed by atoms with Crippen LogP contribution in [0.25, 0.3) is 0 Å². The van der Waals surface area contributed by atoms with Crippen molar-refractivity contribution >= 4 is 21.8 Å². The van der Waals surface area contributed by atoms with E-state index in [1.165, 1.54) is 12.1 Å². The summed E-state index contributed by atoms with van der Waals surface area (Å²) in [6, 6.07) is 13.7. The number of hydrogen-bond acceptors (Lipinski definition) is 3. The summed E-state index contributed by atoms with van der Waals surface area (Å²) >= 11 is 1.56. The summed E-state index contributed by atoms with van der Waals surface area (Å²) < 4.78 is 65.2. The maximum atomic E-state index is 12.9. The zero-order valence-electron chi connectivity index (χ0n) is 12.6. The van der Waals surface area contributed by atoms with Crippen LogP contribution >= 0.6 is 11.8 Å². The SMILES string of the molecule is O=S(=O)(NCCCSc1ccccc1)c1ccccc1C(F)(F)F. The van der Waals surface area contributed by atoms with Gasteiger partial charge in [0.25, 0.3) is 0 Å². The Bertz CT molecular complexity index is 762. The molecule has 130 valence electrons. The summed E-state index contributed by atoms with van der Waals surface area (Å²) in [4.78, 5) is 0.316. The first-order valence-corrected chi connectivity index (χ1v) is 9.61. The molecule has 0 atom stereocenters. The van der Waals surface area contributed by atoms with Gasteiger partial charge < -0.3 is 0 Å². The number of halogens is 3. The molecule has 0 saturated heterocycles. The summed E-state index contributed by atoms with van der Waals surface area (Å²) in [5.41, 5.74) is -1.16. The van der Waals surface area contributed by atoms with Crippen LogP contribution < -0.4 is 4.72 Å². The summed E-state index contributed by atoms with van der Waals surface area (Å²) in [6.07, 6.45) is -4.21. The van der Waals surface area contributed by atoms with Crippen molar-refractivity contribution in [3.63, 3.8) is 0 Å². The van der Waals surface area contributed by atoms with Crippen molar-refractivity contribution in [3.05, 3.63) is 60.2 Å². The third-order valence-corrected chi connectivity index (χ3v) is 5.72. The lowest BCUT2D eigenvalue weighted by Crippen LogP contribution is -2.27. The van der Waals surface area contributed by atoms with Gasteiger partial charge in [-0.25, -0.2) is 13.1 Å². The smallest absolute Gasteiger partial charge is 0.211 e. The lowest BCUT2D eigenvalue weighted by molar-refractivity contribution is -0.139. The van der Waals surface area contributed by atoms with Gasteiger partial charge in [0, 0.05) is 11.4 Å². The Labute approximate surface area is 143 Å². The fourth-order valence-electron chi connectivity index (χ4n) is 2.00. The maximum Gasteiger partial charge on any atom is 0.417 e. The van der Waals surface area contributed by atoms with Crippen molar-refractivity contribution in [1.82, 2.24) is 4.72 Å². The van der Waals surface area contributed by atoms with Crippen LogP contribution in [-0.4, -0.2) is 20.7 Å². The second-order valence-electron chi connectivity index (χ2n) is 4.91. The first-order valence-electron chi connectivity index (χ1n) is 7.14. The molecule has 2 aromatic rings. The van der Waals surface area contributed by atoms with Gasteiger partial charge in [0.05, 0.1) is 10.5 Å². The lowest BCUT2D eigenvalue weighted by Gasteiger charge is -2.13. The highest BCUT2D eigenvalue weighted by Crippen LogP contribution is 2.33. The lowest BCUT2D eigenvalue weighted by atomic mass is 10.2. The molecule has 24 heavy (non-hydrogen) atoms. The molecule has 1 N–H and O–H groups in total. The van der Waals surface area contributed by atoms with Crippen molar-refractivity contribution in [1.29, 1.82) is 0 Å². The van der Waals surface area contributed by atoms with Crippen LogP contribution in [0.5, 0.6) is 0 Å². The van der Waals surface area contributed by atoms with Crippen molar-refractivity contribution in [2.45, 2.75) is 22.4 Å². The van der Waals surface area contributed by atoms with Crippen molar-refractivity contribution < 1.29 is 21.6 Å². The molecule has 0 unspecified atom stereocenters. The predicted octanol–water partition coefficient (Wildman–Crippen LogP) is 4.17. The second kappa shape index (κ2) is 8.04. The molecule has 0 bridgehead atoms. The summed E-state index contributed by atoms with van der Waals surface area (Å²) in [5, 5.41) is 0. The minimum absolute atomic E-state index is 0.0777. The average molecular weight is 375 g/mol. The summed E-state index contributed by atoms with van der Waals surface area (Å²) in [6.45, 7) is 0.0777. The van der Waals surface area contributed by atoms with Gasteiger partial charge in [0.2, 0.25) is 10.0 Å². The van der Waals surface area contributed by atoms with Crippen molar-refractivity contribution in [2.24, 2.45) is 0 Å². The van der Waals surface area contributed by atoms with Crippen LogP contribution in [0.4, 0.5) is 13.2 Å². The molecule has 8 heteroatoms. The van der Waals surface area contributed by atoms with E-state index < -0.39 is 26.7 Å². The average Bonchev–Trinajstić information content (AvgIpc) is 2.55. The molecular weight excluding hydrogens is 359 g/mol. The van der Waals surface area contributed by atoms with E-state index in [1.807, 2.05) is 30.3 Å². The van der Waals surface area contributed by atoms with Crippen LogP contribution in [0.15, 0.2) is 64.4 Å². The van der Waals surface area contributed by atoms with Crippen molar-refractivity contribution in [2.75, 3.05) is 12.3 Å². The quantitative estimate of drug-likeness (QED) is 0.584. The first-order chi connectivity index (χ1) is 11.3. The van der Waals surface area contributed by atoms with Crippen molar-refractivity contribution in [3.8, 4) is 0 Å². The molecule has 2 rings (SSSR count). The molecule has 0 spiro atoms. The maximum absolute atomic E-state index is 12.9. The zero-order chi connectivity index (χ0) is 17.6. The van der Waals surface area contributed by atoms with E-state index in [1.54, 1.807) is 11.8 Å². The third-order valence-electron chi connectivity index (χ3n) is 3.11. The van der Waals surface area contributed by atoms with Gasteiger partial charge in [-0.1, -0.05) is 30.3 Å². The van der Waals surface area contributed by atoms with E-state index in [0.29, 0.717) is 12.2 Å². The number of hydrogen-bond donors (Lipinski definition) is 1. The summed E-state index contributed by atoms with van der Waals surface area (Å²) in [5.74, 6) is 0.660. The van der Waals surface area contributed by atoms with Gasteiger partial charge in [-0.05, 0) is 36.4 Å². The van der Waals surface area contributed by atoms with E-state index in [2.05, 4.69) is 4.72 Å². The monoisotopic (exact) mass is 375 g/mol. The predicted molar refractivity (Wildman–Crippen MR) is 88.4 cm³/mol. The Balaban J connectivity index is 1.93. The van der Waals surface area contributed by atoms with E-state index >= 15 is 0 Å². The number of rotatable bonds is 7. The van der Waals surface area contributed by atoms with Crippen LogP contribution in [0, 0.1) is 0 Å². The molecule has 0 aliphatic rings. The van der Waals surface area contributed by atoms with E-state index in [-0.39, 0.29) is 6.54 Å². The first kappa shape index (κ1) is 18.8.